The Bertz CT molecular complexity index is 130. The molecule has 2 rings (SSSR count). The summed E-state index contributed by atoms with van der Waals surface area (Å²) in [4.78, 5) is 2.62. The second kappa shape index (κ2) is 10.1. The number of nitrogens with one attached hydrogen (secondary N) is 1. The fourth-order valence-electron chi connectivity index (χ4n) is 2.39. The van der Waals surface area contributed by atoms with E-state index >= 15 is 0 Å². The third kappa shape index (κ3) is 7.24. The summed E-state index contributed by atoms with van der Waals surface area (Å²) in [5.74, 6) is 0. The number of hydrogen-bond donors (Lipinski definition) is 1. The Balaban J connectivity index is 0.000000212. The van der Waals surface area contributed by atoms with Gasteiger partial charge in [0.1, 0.15) is 0 Å². The summed E-state index contributed by atoms with van der Waals surface area (Å²) in [7, 11) is 0. The molecule has 0 aromatic heterocycles. The SMILES string of the molecule is C1CCNC1.CCCCCN1CCCCC1. The Morgan fingerprint density at radius 3 is 2.06 bits per heavy atom. The minimum atomic E-state index is 1.25. The summed E-state index contributed by atoms with van der Waals surface area (Å²) in [5, 5.41) is 3.22. The van der Waals surface area contributed by atoms with Gasteiger partial charge in [-0.3, -0.25) is 0 Å². The predicted octanol–water partition coefficient (Wildman–Crippen LogP) is 3.03. The lowest BCUT2D eigenvalue weighted by atomic mass is 10.1. The number of rotatable bonds is 4. The molecule has 0 aliphatic carbocycles. The molecule has 2 saturated heterocycles. The van der Waals surface area contributed by atoms with Crippen LogP contribution in [0.2, 0.25) is 0 Å². The highest BCUT2D eigenvalue weighted by Gasteiger charge is 2.08. The van der Waals surface area contributed by atoms with Crippen molar-refractivity contribution in [2.24, 2.45) is 0 Å². The van der Waals surface area contributed by atoms with Crippen molar-refractivity contribution in [2.75, 3.05) is 32.7 Å². The summed E-state index contributed by atoms with van der Waals surface area (Å²) < 4.78 is 0. The third-order valence-corrected chi connectivity index (χ3v) is 3.48. The number of nitrogens with zero attached hydrogens (tertiary/aromatic N) is 1. The monoisotopic (exact) mass is 226 g/mol. The molecule has 2 fully saturated rings. The average Bonchev–Trinajstić information content (AvgIpc) is 2.90. The first kappa shape index (κ1) is 14.0. The first-order chi connectivity index (χ1) is 7.93. The summed E-state index contributed by atoms with van der Waals surface area (Å²) >= 11 is 0. The normalized spacial score (nSPS) is 21.6. The van der Waals surface area contributed by atoms with Crippen LogP contribution >= 0.6 is 0 Å². The molecule has 0 spiro atoms. The Labute approximate surface area is 102 Å². The molecule has 0 aromatic rings. The zero-order valence-corrected chi connectivity index (χ0v) is 11.1. The van der Waals surface area contributed by atoms with Crippen LogP contribution in [0.15, 0.2) is 0 Å². The molecule has 0 aromatic carbocycles. The summed E-state index contributed by atoms with van der Waals surface area (Å²) in [6.45, 7) is 8.86. The van der Waals surface area contributed by atoms with E-state index in [1.54, 1.807) is 0 Å². The molecule has 2 aliphatic heterocycles. The Morgan fingerprint density at radius 1 is 0.875 bits per heavy atom. The van der Waals surface area contributed by atoms with Crippen LogP contribution in [-0.2, 0) is 0 Å². The van der Waals surface area contributed by atoms with Crippen molar-refractivity contribution in [3.8, 4) is 0 Å². The lowest BCUT2D eigenvalue weighted by Gasteiger charge is -2.26. The second-order valence-corrected chi connectivity index (χ2v) is 5.07. The van der Waals surface area contributed by atoms with Crippen molar-refractivity contribution in [1.82, 2.24) is 10.2 Å². The van der Waals surface area contributed by atoms with Crippen LogP contribution in [-0.4, -0.2) is 37.6 Å². The highest BCUT2D eigenvalue weighted by molar-refractivity contribution is 4.63. The van der Waals surface area contributed by atoms with Crippen LogP contribution in [0.25, 0.3) is 0 Å². The van der Waals surface area contributed by atoms with Crippen LogP contribution in [0, 0.1) is 0 Å². The molecule has 0 bridgehead atoms. The van der Waals surface area contributed by atoms with E-state index in [0.29, 0.717) is 0 Å². The van der Waals surface area contributed by atoms with Crippen molar-refractivity contribution in [3.05, 3.63) is 0 Å². The number of likely N-dealkylation sites (tertiary alicyclic amines) is 1. The van der Waals surface area contributed by atoms with Crippen LogP contribution in [0.1, 0.15) is 58.3 Å². The molecule has 0 amide bonds. The average molecular weight is 226 g/mol. The summed E-state index contributed by atoms with van der Waals surface area (Å²) in [5.41, 5.74) is 0. The predicted molar refractivity (Wildman–Crippen MR) is 71.9 cm³/mol. The van der Waals surface area contributed by atoms with Crippen molar-refractivity contribution in [2.45, 2.75) is 58.3 Å². The van der Waals surface area contributed by atoms with Gasteiger partial charge in [0.05, 0.1) is 0 Å². The van der Waals surface area contributed by atoms with Crippen molar-refractivity contribution in [3.63, 3.8) is 0 Å². The smallest absolute Gasteiger partial charge is 0.00187 e. The van der Waals surface area contributed by atoms with Gasteiger partial charge in [0.25, 0.3) is 0 Å². The van der Waals surface area contributed by atoms with Crippen LogP contribution in [0.3, 0.4) is 0 Å². The maximum absolute atomic E-state index is 3.22. The maximum Gasteiger partial charge on any atom is -0.00187 e. The molecule has 1 N–H and O–H groups in total. The van der Waals surface area contributed by atoms with Gasteiger partial charge in [-0.2, -0.15) is 0 Å². The van der Waals surface area contributed by atoms with Gasteiger partial charge >= 0.3 is 0 Å². The molecule has 0 unspecified atom stereocenters. The number of unbranched alkanes of at least 4 members (excludes halogenated alkanes) is 2. The Hall–Kier alpha value is -0.0800. The lowest BCUT2D eigenvalue weighted by Crippen LogP contribution is -2.30. The van der Waals surface area contributed by atoms with Gasteiger partial charge in [-0.15, -0.1) is 0 Å². The van der Waals surface area contributed by atoms with Gasteiger partial charge in [-0.25, -0.2) is 0 Å². The molecule has 2 aliphatic rings. The van der Waals surface area contributed by atoms with E-state index in [1.807, 2.05) is 0 Å². The number of piperidine rings is 1. The Morgan fingerprint density at radius 2 is 1.56 bits per heavy atom. The van der Waals surface area contributed by atoms with E-state index in [-0.39, 0.29) is 0 Å². The molecule has 0 saturated carbocycles. The molecule has 2 heterocycles. The van der Waals surface area contributed by atoms with Gasteiger partial charge in [0.15, 0.2) is 0 Å². The van der Waals surface area contributed by atoms with Crippen molar-refractivity contribution in [1.29, 1.82) is 0 Å². The maximum atomic E-state index is 3.22. The van der Waals surface area contributed by atoms with Gasteiger partial charge in [0.2, 0.25) is 0 Å². The molecule has 2 heteroatoms. The van der Waals surface area contributed by atoms with Crippen LogP contribution in [0.4, 0.5) is 0 Å². The summed E-state index contributed by atoms with van der Waals surface area (Å²) in [6, 6.07) is 0. The molecular formula is C14H30N2. The van der Waals surface area contributed by atoms with Gasteiger partial charge in [0, 0.05) is 0 Å². The molecule has 0 atom stereocenters. The zero-order chi connectivity index (χ0) is 11.5. The molecule has 0 radical (unpaired) electrons. The fraction of sp³-hybridized carbons (Fsp3) is 1.00. The topological polar surface area (TPSA) is 15.3 Å². The fourth-order valence-corrected chi connectivity index (χ4v) is 2.39. The van der Waals surface area contributed by atoms with E-state index in [2.05, 4.69) is 17.1 Å². The molecule has 96 valence electrons. The molecular weight excluding hydrogens is 196 g/mol. The minimum absolute atomic E-state index is 1.25. The van der Waals surface area contributed by atoms with Gasteiger partial charge < -0.3 is 10.2 Å². The van der Waals surface area contributed by atoms with E-state index < -0.39 is 0 Å². The van der Waals surface area contributed by atoms with E-state index in [4.69, 9.17) is 0 Å². The molecule has 2 nitrogen and oxygen atoms in total. The lowest BCUT2D eigenvalue weighted by molar-refractivity contribution is 0.224. The van der Waals surface area contributed by atoms with Crippen molar-refractivity contribution >= 4 is 0 Å². The van der Waals surface area contributed by atoms with E-state index in [1.165, 1.54) is 84.1 Å². The second-order valence-electron chi connectivity index (χ2n) is 5.07. The van der Waals surface area contributed by atoms with E-state index in [9.17, 15) is 0 Å². The first-order valence-electron chi connectivity index (χ1n) is 7.36. The highest BCUT2D eigenvalue weighted by atomic mass is 15.1. The van der Waals surface area contributed by atoms with Crippen LogP contribution < -0.4 is 5.32 Å². The summed E-state index contributed by atoms with van der Waals surface area (Å²) in [6.07, 6.45) is 11.3. The largest absolute Gasteiger partial charge is 0.317 e. The Kier molecular flexibility index (Phi) is 8.83. The minimum Gasteiger partial charge on any atom is -0.317 e. The zero-order valence-electron chi connectivity index (χ0n) is 11.1. The van der Waals surface area contributed by atoms with E-state index in [0.717, 1.165) is 0 Å². The van der Waals surface area contributed by atoms with Crippen LogP contribution in [0.5, 0.6) is 0 Å². The quantitative estimate of drug-likeness (QED) is 0.741. The van der Waals surface area contributed by atoms with Crippen molar-refractivity contribution < 1.29 is 0 Å². The highest BCUT2D eigenvalue weighted by Crippen LogP contribution is 2.09. The third-order valence-electron chi connectivity index (χ3n) is 3.48. The van der Waals surface area contributed by atoms with Gasteiger partial charge in [-0.05, 0) is 64.8 Å². The standard InChI is InChI=1S/C10H21N.C4H9N/c1-2-3-5-8-11-9-6-4-7-10-11;1-2-4-5-3-1/h2-10H2,1H3;5H,1-4H2. The molecule has 16 heavy (non-hydrogen) atoms. The van der Waals surface area contributed by atoms with Gasteiger partial charge in [-0.1, -0.05) is 26.2 Å². The first-order valence-corrected chi connectivity index (χ1v) is 7.36. The number of hydrogen-bond acceptors (Lipinski definition) is 2.